The fourth-order valence-corrected chi connectivity index (χ4v) is 4.26. The molecule has 0 aliphatic carbocycles. The summed E-state index contributed by atoms with van der Waals surface area (Å²) in [6.07, 6.45) is 0. The van der Waals surface area contributed by atoms with Crippen LogP contribution in [0, 0.1) is 0 Å². The van der Waals surface area contributed by atoms with Gasteiger partial charge in [0.15, 0.2) is 6.04 Å². The maximum absolute atomic E-state index is 13.2. The second-order valence-electron chi connectivity index (χ2n) is 8.04. The van der Waals surface area contributed by atoms with Crippen molar-refractivity contribution in [3.05, 3.63) is 46.0 Å². The van der Waals surface area contributed by atoms with Crippen LogP contribution in [0.3, 0.4) is 0 Å². The molecule has 3 N–H and O–H groups in total. The van der Waals surface area contributed by atoms with Crippen molar-refractivity contribution < 1.29 is 19.3 Å². The third-order valence-corrected chi connectivity index (χ3v) is 5.95. The number of nitrogens with one attached hydrogen (secondary N) is 3. The molecule has 1 aromatic carbocycles. The maximum atomic E-state index is 13.2. The zero-order valence-electron chi connectivity index (χ0n) is 18.4. The van der Waals surface area contributed by atoms with Gasteiger partial charge in [0.1, 0.15) is 31.9 Å². The first-order valence-corrected chi connectivity index (χ1v) is 10.8. The van der Waals surface area contributed by atoms with E-state index in [1.807, 2.05) is 31.2 Å². The molecule has 0 saturated carbocycles. The number of piperazine rings is 1. The van der Waals surface area contributed by atoms with Crippen molar-refractivity contribution in [3.63, 3.8) is 0 Å². The molecular weight excluding hydrogens is 398 g/mol. The number of ether oxygens (including phenoxy) is 2. The fourth-order valence-electron chi connectivity index (χ4n) is 4.26. The largest absolute Gasteiger partial charge is 0.494 e. The minimum Gasteiger partial charge on any atom is -0.494 e. The maximum Gasteiger partial charge on any atom is 0.258 e. The van der Waals surface area contributed by atoms with E-state index in [0.717, 1.165) is 42.8 Å². The number of pyridine rings is 1. The Morgan fingerprint density at radius 3 is 2.77 bits per heavy atom. The lowest BCUT2D eigenvalue weighted by Gasteiger charge is -2.32. The highest BCUT2D eigenvalue weighted by molar-refractivity contribution is 5.80. The minimum absolute atomic E-state index is 0.110. The second kappa shape index (κ2) is 9.54. The van der Waals surface area contributed by atoms with Gasteiger partial charge in [-0.15, -0.1) is 5.10 Å². The quantitative estimate of drug-likeness (QED) is 0.385. The summed E-state index contributed by atoms with van der Waals surface area (Å²) < 4.78 is 12.6. The van der Waals surface area contributed by atoms with Crippen LogP contribution in [0.5, 0.6) is 5.75 Å². The number of methoxy groups -OCH3 is 1. The summed E-state index contributed by atoms with van der Waals surface area (Å²) in [5.74, 6) is 1.47. The van der Waals surface area contributed by atoms with Crippen LogP contribution in [-0.2, 0) is 11.3 Å². The van der Waals surface area contributed by atoms with Crippen LogP contribution in [0.15, 0.2) is 29.1 Å². The topological polar surface area (TPSA) is 104 Å². The summed E-state index contributed by atoms with van der Waals surface area (Å²) in [5, 5.41) is 13.4. The van der Waals surface area contributed by atoms with E-state index in [1.165, 1.54) is 9.80 Å². The molecule has 0 radical (unpaired) electrons. The van der Waals surface area contributed by atoms with Gasteiger partial charge in [0, 0.05) is 18.0 Å². The zero-order valence-corrected chi connectivity index (χ0v) is 18.4. The van der Waals surface area contributed by atoms with Gasteiger partial charge in [0.25, 0.3) is 5.56 Å². The Morgan fingerprint density at radius 1 is 1.23 bits per heavy atom. The molecule has 2 aromatic heterocycles. The molecule has 4 rings (SSSR count). The monoisotopic (exact) mass is 429 g/mol. The van der Waals surface area contributed by atoms with Gasteiger partial charge in [-0.05, 0) is 41.6 Å². The molecule has 0 unspecified atom stereocenters. The molecule has 1 aliphatic heterocycles. The fraction of sp³-hybridized carbons (Fsp3) is 0.524. The molecule has 3 aromatic rings. The van der Waals surface area contributed by atoms with Crippen LogP contribution in [0.2, 0.25) is 0 Å². The Bertz CT molecular complexity index is 1070. The van der Waals surface area contributed by atoms with Gasteiger partial charge in [0.05, 0.1) is 32.4 Å². The SMILES string of the molecule is CCOc1ccc2[nH]c(=O)c([C@H](c3nnnn3CCOC)[NH+]3CC[NH+](C)CC3)cc2c1. The number of aromatic nitrogens is 5. The lowest BCUT2D eigenvalue weighted by atomic mass is 10.0. The molecule has 10 heteroatoms. The van der Waals surface area contributed by atoms with Gasteiger partial charge < -0.3 is 24.3 Å². The van der Waals surface area contributed by atoms with Gasteiger partial charge in [0.2, 0.25) is 5.82 Å². The first-order chi connectivity index (χ1) is 15.1. The van der Waals surface area contributed by atoms with Crippen molar-refractivity contribution >= 4 is 10.9 Å². The smallest absolute Gasteiger partial charge is 0.258 e. The number of hydrogen-bond donors (Lipinski definition) is 3. The first kappa shape index (κ1) is 21.4. The number of nitrogens with zero attached hydrogens (tertiary/aromatic N) is 4. The van der Waals surface area contributed by atoms with E-state index in [9.17, 15) is 4.79 Å². The molecule has 1 fully saturated rings. The summed E-state index contributed by atoms with van der Waals surface area (Å²) >= 11 is 0. The number of likely N-dealkylation sites (N-methyl/N-ethyl adjacent to an activating group) is 1. The van der Waals surface area contributed by atoms with E-state index in [2.05, 4.69) is 27.6 Å². The average molecular weight is 430 g/mol. The van der Waals surface area contributed by atoms with E-state index >= 15 is 0 Å². The van der Waals surface area contributed by atoms with Gasteiger partial charge >= 0.3 is 0 Å². The molecule has 0 bridgehead atoms. The third kappa shape index (κ3) is 4.60. The Balaban J connectivity index is 1.81. The Hall–Kier alpha value is -2.82. The molecule has 1 aliphatic rings. The normalized spacial score (nSPS) is 20.1. The molecule has 3 heterocycles. The van der Waals surface area contributed by atoms with Crippen LogP contribution < -0.4 is 20.1 Å². The number of rotatable bonds is 8. The number of aromatic amines is 1. The molecule has 31 heavy (non-hydrogen) atoms. The van der Waals surface area contributed by atoms with E-state index in [4.69, 9.17) is 9.47 Å². The highest BCUT2D eigenvalue weighted by Crippen LogP contribution is 2.22. The first-order valence-electron chi connectivity index (χ1n) is 10.8. The summed E-state index contributed by atoms with van der Waals surface area (Å²) in [5.41, 5.74) is 1.35. The van der Waals surface area contributed by atoms with E-state index in [0.29, 0.717) is 31.1 Å². The molecule has 0 amide bonds. The standard InChI is InChI=1S/C21H29N7O3/c1-4-31-16-5-6-18-15(13-16)14-17(21(29)22-18)19(27-9-7-26(2)8-10-27)20-23-24-25-28(20)11-12-30-3/h5-6,13-14,19H,4,7-12H2,1-3H3,(H,22,29)/p+2/t19-/m1/s1. The third-order valence-electron chi connectivity index (χ3n) is 5.95. The number of tetrazole rings is 1. The van der Waals surface area contributed by atoms with Crippen molar-refractivity contribution in [2.24, 2.45) is 0 Å². The number of H-pyrrole nitrogens is 1. The number of quaternary nitrogens is 2. The predicted octanol–water partition coefficient (Wildman–Crippen LogP) is -1.94. The van der Waals surface area contributed by atoms with Crippen LogP contribution in [0.1, 0.15) is 24.4 Å². The summed E-state index contributed by atoms with van der Waals surface area (Å²) in [4.78, 5) is 19.0. The van der Waals surface area contributed by atoms with Crippen LogP contribution in [0.4, 0.5) is 0 Å². The molecule has 1 atom stereocenters. The van der Waals surface area contributed by atoms with E-state index in [1.54, 1.807) is 11.8 Å². The Morgan fingerprint density at radius 2 is 2.03 bits per heavy atom. The highest BCUT2D eigenvalue weighted by atomic mass is 16.5. The van der Waals surface area contributed by atoms with Crippen molar-refractivity contribution in [1.29, 1.82) is 0 Å². The lowest BCUT2D eigenvalue weighted by molar-refractivity contribution is -1.02. The Kier molecular flexibility index (Phi) is 6.59. The number of hydrogen-bond acceptors (Lipinski definition) is 6. The lowest BCUT2D eigenvalue weighted by Crippen LogP contribution is -3.27. The number of fused-ring (bicyclic) bond motifs is 1. The van der Waals surface area contributed by atoms with Crippen molar-refractivity contribution in [3.8, 4) is 5.75 Å². The minimum atomic E-state index is -0.260. The van der Waals surface area contributed by atoms with Crippen LogP contribution in [-0.4, -0.2) is 78.7 Å². The number of benzene rings is 1. The molecule has 1 saturated heterocycles. The highest BCUT2D eigenvalue weighted by Gasteiger charge is 2.36. The van der Waals surface area contributed by atoms with Gasteiger partial charge in [-0.3, -0.25) is 4.79 Å². The van der Waals surface area contributed by atoms with Gasteiger partial charge in [-0.2, -0.15) is 0 Å². The van der Waals surface area contributed by atoms with Crippen LogP contribution in [0.25, 0.3) is 10.9 Å². The predicted molar refractivity (Wildman–Crippen MR) is 115 cm³/mol. The van der Waals surface area contributed by atoms with Crippen LogP contribution >= 0.6 is 0 Å². The van der Waals surface area contributed by atoms with E-state index in [-0.39, 0.29) is 11.6 Å². The molecule has 166 valence electrons. The van der Waals surface area contributed by atoms with Crippen molar-refractivity contribution in [2.45, 2.75) is 19.5 Å². The molecule has 10 nitrogen and oxygen atoms in total. The van der Waals surface area contributed by atoms with Gasteiger partial charge in [-0.1, -0.05) is 0 Å². The Labute approximate surface area is 180 Å². The van der Waals surface area contributed by atoms with Crippen molar-refractivity contribution in [2.75, 3.05) is 53.6 Å². The molecule has 0 spiro atoms. The average Bonchev–Trinajstić information content (AvgIpc) is 3.22. The second-order valence-corrected chi connectivity index (χ2v) is 8.04. The summed E-state index contributed by atoms with van der Waals surface area (Å²) in [6.45, 7) is 7.51. The molecular formula is C21H31N7O3+2. The summed E-state index contributed by atoms with van der Waals surface area (Å²) in [6, 6.07) is 7.43. The summed E-state index contributed by atoms with van der Waals surface area (Å²) in [7, 11) is 3.85. The zero-order chi connectivity index (χ0) is 21.8. The van der Waals surface area contributed by atoms with Gasteiger partial charge in [-0.25, -0.2) is 4.68 Å². The van der Waals surface area contributed by atoms with Crippen molar-refractivity contribution in [1.82, 2.24) is 25.2 Å². The van der Waals surface area contributed by atoms with E-state index < -0.39 is 0 Å².